The van der Waals surface area contributed by atoms with Crippen LogP contribution in [-0.2, 0) is 11.3 Å². The Labute approximate surface area is 178 Å². The lowest BCUT2D eigenvalue weighted by Gasteiger charge is -2.07. The van der Waals surface area contributed by atoms with Crippen LogP contribution in [0.4, 0.5) is 16.2 Å². The lowest BCUT2D eigenvalue weighted by atomic mass is 10.2. The number of carbonyl (C=O) groups is 3. The number of benzene rings is 2. The van der Waals surface area contributed by atoms with Crippen molar-refractivity contribution in [3.05, 3.63) is 83.8 Å². The smallest absolute Gasteiger partial charge is 0.319 e. The summed E-state index contributed by atoms with van der Waals surface area (Å²) in [6.45, 7) is 1.71. The molecule has 0 aliphatic rings. The number of amides is 4. The molecule has 3 aromatic rings. The molecule has 0 bridgehead atoms. The van der Waals surface area contributed by atoms with Gasteiger partial charge in [0.05, 0.1) is 19.0 Å². The maximum Gasteiger partial charge on any atom is 0.319 e. The van der Waals surface area contributed by atoms with Gasteiger partial charge in [0.2, 0.25) is 5.91 Å². The molecule has 1 heterocycles. The van der Waals surface area contributed by atoms with Crippen LogP contribution in [0.15, 0.2) is 76.4 Å². The zero-order valence-electron chi connectivity index (χ0n) is 16.7. The summed E-state index contributed by atoms with van der Waals surface area (Å²) in [5.41, 5.74) is 4.80. The molecule has 9 nitrogen and oxygen atoms in total. The van der Waals surface area contributed by atoms with E-state index in [0.29, 0.717) is 22.7 Å². The van der Waals surface area contributed by atoms with Gasteiger partial charge in [-0.1, -0.05) is 12.1 Å². The molecule has 0 aliphatic carbocycles. The number of hydrazone groups is 1. The van der Waals surface area contributed by atoms with Crippen LogP contribution in [0.2, 0.25) is 0 Å². The summed E-state index contributed by atoms with van der Waals surface area (Å²) < 4.78 is 5.14. The molecule has 4 amide bonds. The largest absolute Gasteiger partial charge is 0.467 e. The van der Waals surface area contributed by atoms with Crippen molar-refractivity contribution in [3.8, 4) is 0 Å². The molecule has 2 aromatic carbocycles. The fourth-order valence-corrected chi connectivity index (χ4v) is 2.55. The number of hydrogen-bond acceptors (Lipinski definition) is 5. The topological polar surface area (TPSA) is 125 Å². The van der Waals surface area contributed by atoms with Crippen molar-refractivity contribution in [2.75, 3.05) is 10.6 Å². The van der Waals surface area contributed by atoms with Gasteiger partial charge < -0.3 is 20.4 Å². The number of anilines is 2. The summed E-state index contributed by atoms with van der Waals surface area (Å²) in [6.07, 6.45) is 3.03. The highest BCUT2D eigenvalue weighted by molar-refractivity contribution is 5.96. The van der Waals surface area contributed by atoms with Crippen LogP contribution >= 0.6 is 0 Å². The number of rotatable bonds is 7. The highest BCUT2D eigenvalue weighted by atomic mass is 16.3. The molecule has 0 saturated carbocycles. The monoisotopic (exact) mass is 419 g/mol. The van der Waals surface area contributed by atoms with Crippen molar-refractivity contribution >= 4 is 35.4 Å². The van der Waals surface area contributed by atoms with Crippen LogP contribution in [0.3, 0.4) is 0 Å². The number of hydrogen-bond donors (Lipinski definition) is 4. The first-order valence-electron chi connectivity index (χ1n) is 9.38. The minimum absolute atomic E-state index is 0.149. The van der Waals surface area contributed by atoms with Gasteiger partial charge in [0.25, 0.3) is 5.91 Å². The first kappa shape index (κ1) is 21.3. The van der Waals surface area contributed by atoms with Gasteiger partial charge in [-0.05, 0) is 54.1 Å². The van der Waals surface area contributed by atoms with Crippen molar-refractivity contribution < 1.29 is 18.8 Å². The van der Waals surface area contributed by atoms with Crippen molar-refractivity contribution in [1.82, 2.24) is 10.7 Å². The standard InChI is InChI=1S/C22H21N5O4/c1-15(28)25-18-8-4-16(5-9-18)13-24-27-21(29)17-6-10-19(11-7-17)26-22(30)23-14-20-3-2-12-31-20/h2-13H,14H2,1H3,(H,25,28)(H,27,29)(H2,23,26,30). The molecule has 0 aliphatic heterocycles. The van der Waals surface area contributed by atoms with Crippen LogP contribution in [0.1, 0.15) is 28.6 Å². The van der Waals surface area contributed by atoms with Gasteiger partial charge >= 0.3 is 6.03 Å². The van der Waals surface area contributed by atoms with Gasteiger partial charge in [0.1, 0.15) is 5.76 Å². The third-order valence-corrected chi connectivity index (χ3v) is 4.02. The molecule has 1 aromatic heterocycles. The van der Waals surface area contributed by atoms with E-state index >= 15 is 0 Å². The predicted molar refractivity (Wildman–Crippen MR) is 117 cm³/mol. The Morgan fingerprint density at radius 3 is 2.26 bits per heavy atom. The maximum atomic E-state index is 12.2. The van der Waals surface area contributed by atoms with Crippen LogP contribution in [0.5, 0.6) is 0 Å². The molecule has 3 rings (SSSR count). The summed E-state index contributed by atoms with van der Waals surface area (Å²) in [5.74, 6) is 0.107. The van der Waals surface area contributed by atoms with Gasteiger partial charge in [-0.15, -0.1) is 0 Å². The number of nitrogens with one attached hydrogen (secondary N) is 4. The van der Waals surface area contributed by atoms with E-state index < -0.39 is 0 Å². The molecule has 0 saturated heterocycles. The van der Waals surface area contributed by atoms with E-state index in [1.54, 1.807) is 60.7 Å². The van der Waals surface area contributed by atoms with E-state index in [1.165, 1.54) is 19.4 Å². The Morgan fingerprint density at radius 1 is 0.935 bits per heavy atom. The highest BCUT2D eigenvalue weighted by Gasteiger charge is 2.06. The second kappa shape index (κ2) is 10.4. The Hall–Kier alpha value is -4.40. The minimum Gasteiger partial charge on any atom is -0.467 e. The van der Waals surface area contributed by atoms with E-state index in [0.717, 1.165) is 5.56 Å². The van der Waals surface area contributed by atoms with Crippen molar-refractivity contribution in [2.24, 2.45) is 5.10 Å². The fourth-order valence-electron chi connectivity index (χ4n) is 2.55. The van der Waals surface area contributed by atoms with Crippen molar-refractivity contribution in [1.29, 1.82) is 0 Å². The van der Waals surface area contributed by atoms with Gasteiger partial charge in [-0.2, -0.15) is 5.10 Å². The molecule has 0 fully saturated rings. The SMILES string of the molecule is CC(=O)Nc1ccc(C=NNC(=O)c2ccc(NC(=O)NCc3ccco3)cc2)cc1. The molecule has 31 heavy (non-hydrogen) atoms. The summed E-state index contributed by atoms with van der Waals surface area (Å²) in [7, 11) is 0. The van der Waals surface area contributed by atoms with E-state index in [2.05, 4.69) is 26.5 Å². The number of furan rings is 1. The lowest BCUT2D eigenvalue weighted by molar-refractivity contribution is -0.114. The predicted octanol–water partition coefficient (Wildman–Crippen LogP) is 3.32. The minimum atomic E-state index is -0.389. The summed E-state index contributed by atoms with van der Waals surface area (Å²) >= 11 is 0. The Morgan fingerprint density at radius 2 is 1.61 bits per heavy atom. The third-order valence-electron chi connectivity index (χ3n) is 4.02. The Kier molecular flexibility index (Phi) is 7.15. The molecular weight excluding hydrogens is 398 g/mol. The molecule has 0 spiro atoms. The first-order valence-corrected chi connectivity index (χ1v) is 9.38. The summed E-state index contributed by atoms with van der Waals surface area (Å²) in [4.78, 5) is 35.1. The third kappa shape index (κ3) is 6.86. The maximum absolute atomic E-state index is 12.2. The quantitative estimate of drug-likeness (QED) is 0.346. The van der Waals surface area contributed by atoms with Crippen LogP contribution in [-0.4, -0.2) is 24.1 Å². The number of urea groups is 1. The highest BCUT2D eigenvalue weighted by Crippen LogP contribution is 2.10. The van der Waals surface area contributed by atoms with Gasteiger partial charge in [-0.25, -0.2) is 10.2 Å². The molecule has 0 atom stereocenters. The lowest BCUT2D eigenvalue weighted by Crippen LogP contribution is -2.28. The molecule has 0 radical (unpaired) electrons. The Bertz CT molecular complexity index is 1060. The van der Waals surface area contributed by atoms with E-state index in [-0.39, 0.29) is 24.4 Å². The molecule has 4 N–H and O–H groups in total. The zero-order chi connectivity index (χ0) is 22.1. The number of carbonyl (C=O) groups excluding carboxylic acids is 3. The zero-order valence-corrected chi connectivity index (χ0v) is 16.7. The van der Waals surface area contributed by atoms with Gasteiger partial charge in [-0.3, -0.25) is 9.59 Å². The van der Waals surface area contributed by atoms with Crippen molar-refractivity contribution in [3.63, 3.8) is 0 Å². The van der Waals surface area contributed by atoms with E-state index in [4.69, 9.17) is 4.42 Å². The first-order chi connectivity index (χ1) is 15.0. The number of nitrogens with zero attached hydrogens (tertiary/aromatic N) is 1. The van der Waals surface area contributed by atoms with Gasteiger partial charge in [0, 0.05) is 23.9 Å². The van der Waals surface area contributed by atoms with E-state index in [1.807, 2.05) is 0 Å². The van der Waals surface area contributed by atoms with E-state index in [9.17, 15) is 14.4 Å². The van der Waals surface area contributed by atoms with Crippen LogP contribution in [0.25, 0.3) is 0 Å². The van der Waals surface area contributed by atoms with Crippen LogP contribution < -0.4 is 21.4 Å². The molecule has 0 unspecified atom stereocenters. The summed E-state index contributed by atoms with van der Waals surface area (Å²) in [6, 6.07) is 16.5. The molecule has 158 valence electrons. The molecular formula is C22H21N5O4. The Balaban J connectivity index is 1.46. The second-order valence-corrected chi connectivity index (χ2v) is 6.47. The van der Waals surface area contributed by atoms with Gasteiger partial charge in [0.15, 0.2) is 0 Å². The average molecular weight is 419 g/mol. The fraction of sp³-hybridized carbons (Fsp3) is 0.0909. The normalized spacial score (nSPS) is 10.5. The average Bonchev–Trinajstić information content (AvgIpc) is 3.27. The second-order valence-electron chi connectivity index (χ2n) is 6.47. The summed E-state index contributed by atoms with van der Waals surface area (Å²) in [5, 5.41) is 11.9. The van der Waals surface area contributed by atoms with Crippen LogP contribution in [0, 0.1) is 0 Å². The van der Waals surface area contributed by atoms with Crippen molar-refractivity contribution in [2.45, 2.75) is 13.5 Å². The molecule has 9 heteroatoms.